The number of pyridine rings is 2. The first-order chi connectivity index (χ1) is 15.0. The molecule has 0 spiro atoms. The first-order valence-corrected chi connectivity index (χ1v) is 10.9. The molecule has 3 aromatic rings. The lowest BCUT2D eigenvalue weighted by Gasteiger charge is -2.18. The van der Waals surface area contributed by atoms with Crippen molar-refractivity contribution < 1.29 is 9.59 Å². The van der Waals surface area contributed by atoms with Crippen LogP contribution in [0.4, 0.5) is 0 Å². The molecule has 8 heteroatoms. The van der Waals surface area contributed by atoms with Crippen LogP contribution in [-0.4, -0.2) is 56.1 Å². The molecule has 0 aromatic carbocycles. The van der Waals surface area contributed by atoms with Gasteiger partial charge in [-0.25, -0.2) is 9.97 Å². The van der Waals surface area contributed by atoms with Gasteiger partial charge in [-0.15, -0.1) is 0 Å². The number of nitrogens with one attached hydrogen (secondary N) is 1. The fourth-order valence-corrected chi connectivity index (χ4v) is 4.35. The van der Waals surface area contributed by atoms with Gasteiger partial charge >= 0.3 is 0 Å². The van der Waals surface area contributed by atoms with Gasteiger partial charge < -0.3 is 10.2 Å². The zero-order valence-corrected chi connectivity index (χ0v) is 17.8. The molecule has 3 aromatic heterocycles. The zero-order chi connectivity index (χ0) is 21.5. The Bertz CT molecular complexity index is 1150. The topological polar surface area (TPSA) is 93.0 Å². The molecule has 31 heavy (non-hydrogen) atoms. The van der Waals surface area contributed by atoms with Gasteiger partial charge in [-0.2, -0.15) is 9.78 Å². The SMILES string of the molecule is CC(=O)NC[C@H]1CCN(C(=O)c2cc(C3CC3)nc3c2c(C)nn3-c2ccccn2)C1. The molecule has 1 aliphatic carbocycles. The van der Waals surface area contributed by atoms with E-state index in [1.165, 1.54) is 6.92 Å². The molecule has 0 unspecified atom stereocenters. The lowest BCUT2D eigenvalue weighted by Crippen LogP contribution is -2.32. The van der Waals surface area contributed by atoms with Crippen molar-refractivity contribution in [2.75, 3.05) is 19.6 Å². The number of carbonyl (C=O) groups is 2. The molecule has 2 aliphatic rings. The molecule has 1 saturated heterocycles. The number of aryl methyl sites for hydroxylation is 1. The van der Waals surface area contributed by atoms with Gasteiger partial charge in [0.1, 0.15) is 0 Å². The van der Waals surface area contributed by atoms with E-state index >= 15 is 0 Å². The molecular formula is C23H26N6O2. The molecule has 1 saturated carbocycles. The van der Waals surface area contributed by atoms with Gasteiger partial charge in [0.05, 0.1) is 16.6 Å². The highest BCUT2D eigenvalue weighted by Crippen LogP contribution is 2.41. The van der Waals surface area contributed by atoms with Gasteiger partial charge in [0, 0.05) is 44.4 Å². The number of fused-ring (bicyclic) bond motifs is 1. The summed E-state index contributed by atoms with van der Waals surface area (Å²) >= 11 is 0. The molecule has 5 rings (SSSR count). The van der Waals surface area contributed by atoms with Crippen molar-refractivity contribution in [3.63, 3.8) is 0 Å². The van der Waals surface area contributed by atoms with Gasteiger partial charge in [0.25, 0.3) is 5.91 Å². The molecule has 2 fully saturated rings. The molecule has 0 bridgehead atoms. The molecular weight excluding hydrogens is 392 g/mol. The van der Waals surface area contributed by atoms with Crippen LogP contribution in [0.3, 0.4) is 0 Å². The Morgan fingerprint density at radius 1 is 1.23 bits per heavy atom. The van der Waals surface area contributed by atoms with E-state index in [2.05, 4.69) is 15.4 Å². The molecule has 2 amide bonds. The Hall–Kier alpha value is -3.29. The highest BCUT2D eigenvalue weighted by molar-refractivity contribution is 6.07. The van der Waals surface area contributed by atoms with Crippen molar-refractivity contribution in [3.8, 4) is 5.82 Å². The summed E-state index contributed by atoms with van der Waals surface area (Å²) in [4.78, 5) is 36.1. The summed E-state index contributed by atoms with van der Waals surface area (Å²) in [7, 11) is 0. The second-order valence-electron chi connectivity index (χ2n) is 8.60. The van der Waals surface area contributed by atoms with Crippen LogP contribution in [0.5, 0.6) is 0 Å². The van der Waals surface area contributed by atoms with Crippen LogP contribution >= 0.6 is 0 Å². The number of rotatable bonds is 5. The number of likely N-dealkylation sites (tertiary alicyclic amines) is 1. The fourth-order valence-electron chi connectivity index (χ4n) is 4.35. The van der Waals surface area contributed by atoms with Crippen LogP contribution in [-0.2, 0) is 4.79 Å². The molecule has 4 heterocycles. The maximum absolute atomic E-state index is 13.6. The Morgan fingerprint density at radius 3 is 2.77 bits per heavy atom. The lowest BCUT2D eigenvalue weighted by molar-refractivity contribution is -0.119. The van der Waals surface area contributed by atoms with Crippen LogP contribution in [0, 0.1) is 12.8 Å². The van der Waals surface area contributed by atoms with E-state index in [1.54, 1.807) is 10.9 Å². The smallest absolute Gasteiger partial charge is 0.254 e. The Morgan fingerprint density at radius 2 is 2.06 bits per heavy atom. The maximum Gasteiger partial charge on any atom is 0.254 e. The lowest BCUT2D eigenvalue weighted by atomic mass is 10.1. The fraction of sp³-hybridized carbons (Fsp3) is 0.435. The van der Waals surface area contributed by atoms with E-state index in [0.29, 0.717) is 42.6 Å². The second kappa shape index (κ2) is 7.76. The third-order valence-corrected chi connectivity index (χ3v) is 6.14. The average Bonchev–Trinajstić information content (AvgIpc) is 3.43. The Balaban J connectivity index is 1.53. The Kier molecular flexibility index (Phi) is 4.92. The second-order valence-corrected chi connectivity index (χ2v) is 8.60. The number of hydrogen-bond donors (Lipinski definition) is 1. The third-order valence-electron chi connectivity index (χ3n) is 6.14. The highest BCUT2D eigenvalue weighted by atomic mass is 16.2. The van der Waals surface area contributed by atoms with Crippen LogP contribution in [0.15, 0.2) is 30.5 Å². The maximum atomic E-state index is 13.6. The number of aromatic nitrogens is 4. The van der Waals surface area contributed by atoms with Crippen LogP contribution in [0.2, 0.25) is 0 Å². The summed E-state index contributed by atoms with van der Waals surface area (Å²) in [6.07, 6.45) is 4.83. The highest BCUT2D eigenvalue weighted by Gasteiger charge is 2.32. The summed E-state index contributed by atoms with van der Waals surface area (Å²) in [5.74, 6) is 1.37. The van der Waals surface area contributed by atoms with Crippen molar-refractivity contribution in [3.05, 3.63) is 47.4 Å². The number of nitrogens with zero attached hydrogens (tertiary/aromatic N) is 5. The molecule has 8 nitrogen and oxygen atoms in total. The number of hydrogen-bond acceptors (Lipinski definition) is 5. The molecule has 1 atom stereocenters. The first kappa shape index (κ1) is 19.7. The van der Waals surface area contributed by atoms with Crippen molar-refractivity contribution in [1.29, 1.82) is 0 Å². The minimum Gasteiger partial charge on any atom is -0.356 e. The van der Waals surface area contributed by atoms with E-state index in [4.69, 9.17) is 4.98 Å². The summed E-state index contributed by atoms with van der Waals surface area (Å²) in [5.41, 5.74) is 3.10. The standard InChI is InChI=1S/C23H26N6O2/c1-14-21-18(23(31)28-10-8-16(13-28)12-25-15(2)30)11-19(17-6-7-17)26-22(21)29(27-14)20-5-3-4-9-24-20/h3-5,9,11,16-17H,6-8,10,12-13H2,1-2H3,(H,25,30)/t16-/m1/s1. The molecule has 1 aliphatic heterocycles. The van der Waals surface area contributed by atoms with Crippen LogP contribution < -0.4 is 5.32 Å². The monoisotopic (exact) mass is 418 g/mol. The van der Waals surface area contributed by atoms with E-state index in [9.17, 15) is 9.59 Å². The third kappa shape index (κ3) is 3.78. The van der Waals surface area contributed by atoms with E-state index < -0.39 is 0 Å². The van der Waals surface area contributed by atoms with Crippen molar-refractivity contribution in [1.82, 2.24) is 30.0 Å². The first-order valence-electron chi connectivity index (χ1n) is 10.9. The molecule has 0 radical (unpaired) electrons. The molecule has 160 valence electrons. The minimum atomic E-state index is -0.0349. The predicted molar refractivity (Wildman–Crippen MR) is 116 cm³/mol. The number of amides is 2. The summed E-state index contributed by atoms with van der Waals surface area (Å²) in [5, 5.41) is 8.36. The van der Waals surface area contributed by atoms with Crippen molar-refractivity contribution in [2.45, 2.75) is 39.0 Å². The van der Waals surface area contributed by atoms with E-state index in [-0.39, 0.29) is 17.7 Å². The average molecular weight is 419 g/mol. The summed E-state index contributed by atoms with van der Waals surface area (Å²) in [6.45, 7) is 5.39. The summed E-state index contributed by atoms with van der Waals surface area (Å²) < 4.78 is 1.75. The van der Waals surface area contributed by atoms with Gasteiger partial charge in [0.15, 0.2) is 11.5 Å². The van der Waals surface area contributed by atoms with E-state index in [1.807, 2.05) is 36.1 Å². The van der Waals surface area contributed by atoms with E-state index in [0.717, 1.165) is 36.0 Å². The van der Waals surface area contributed by atoms with Gasteiger partial charge in [-0.1, -0.05) is 6.07 Å². The van der Waals surface area contributed by atoms with Crippen LogP contribution in [0.1, 0.15) is 53.8 Å². The quantitative estimate of drug-likeness (QED) is 0.688. The molecule has 1 N–H and O–H groups in total. The predicted octanol–water partition coefficient (Wildman–Crippen LogP) is 2.60. The van der Waals surface area contributed by atoms with Crippen molar-refractivity contribution >= 4 is 22.8 Å². The normalized spacial score (nSPS) is 18.5. The minimum absolute atomic E-state index is 0.0169. The summed E-state index contributed by atoms with van der Waals surface area (Å²) in [6, 6.07) is 7.65. The largest absolute Gasteiger partial charge is 0.356 e. The van der Waals surface area contributed by atoms with Crippen LogP contribution in [0.25, 0.3) is 16.9 Å². The van der Waals surface area contributed by atoms with Gasteiger partial charge in [-0.05, 0) is 50.3 Å². The number of carbonyl (C=O) groups excluding carboxylic acids is 2. The van der Waals surface area contributed by atoms with Gasteiger partial charge in [0.2, 0.25) is 5.91 Å². The van der Waals surface area contributed by atoms with Gasteiger partial charge in [-0.3, -0.25) is 9.59 Å². The zero-order valence-electron chi connectivity index (χ0n) is 17.8. The van der Waals surface area contributed by atoms with Crippen molar-refractivity contribution in [2.24, 2.45) is 5.92 Å². The Labute approximate surface area is 180 Å².